The van der Waals surface area contributed by atoms with Crippen molar-refractivity contribution < 1.29 is 14.7 Å². The maximum Gasteiger partial charge on any atom is 0.303 e. The first-order valence-corrected chi connectivity index (χ1v) is 6.96. The second-order valence-corrected chi connectivity index (χ2v) is 4.81. The van der Waals surface area contributed by atoms with Gasteiger partial charge in [0.15, 0.2) is 5.78 Å². The highest BCUT2D eigenvalue weighted by Crippen LogP contribution is 2.26. The van der Waals surface area contributed by atoms with Gasteiger partial charge in [0.05, 0.1) is 0 Å². The Morgan fingerprint density at radius 1 is 1.42 bits per heavy atom. The van der Waals surface area contributed by atoms with Gasteiger partial charge in [-0.15, -0.1) is 0 Å². The van der Waals surface area contributed by atoms with Crippen LogP contribution in [0.3, 0.4) is 0 Å². The van der Waals surface area contributed by atoms with Gasteiger partial charge in [-0.3, -0.25) is 9.59 Å². The molecule has 1 aliphatic rings. The Morgan fingerprint density at radius 3 is 2.89 bits per heavy atom. The number of unbranched alkanes of at least 4 members (excludes halogenated alkanes) is 2. The van der Waals surface area contributed by atoms with Crippen LogP contribution in [-0.2, 0) is 9.59 Å². The molecule has 0 saturated carbocycles. The molecule has 0 radical (unpaired) electrons. The monoisotopic (exact) mass is 262 g/mol. The predicted molar refractivity (Wildman–Crippen MR) is 75.9 cm³/mol. The standard InChI is InChI=1S/C16H22O3/c1-2-3-8-13-11-12-15(17)14(13)9-6-4-5-7-10-16(18)19/h4,6,9,11-13H,2-3,5,7-8,10H2,1H3,(H,18,19)/b6-4+,14-9-. The molecule has 0 spiro atoms. The van der Waals surface area contributed by atoms with Crippen molar-refractivity contribution in [2.75, 3.05) is 0 Å². The van der Waals surface area contributed by atoms with Gasteiger partial charge in [0, 0.05) is 17.9 Å². The molecule has 3 nitrogen and oxygen atoms in total. The van der Waals surface area contributed by atoms with Gasteiger partial charge in [0.1, 0.15) is 0 Å². The summed E-state index contributed by atoms with van der Waals surface area (Å²) in [7, 11) is 0. The Labute approximate surface area is 114 Å². The van der Waals surface area contributed by atoms with E-state index in [2.05, 4.69) is 6.92 Å². The summed E-state index contributed by atoms with van der Waals surface area (Å²) < 4.78 is 0. The highest BCUT2D eigenvalue weighted by atomic mass is 16.4. The van der Waals surface area contributed by atoms with E-state index in [1.807, 2.05) is 24.3 Å². The largest absolute Gasteiger partial charge is 0.481 e. The molecular formula is C16H22O3. The van der Waals surface area contributed by atoms with Gasteiger partial charge < -0.3 is 5.11 Å². The number of carbonyl (C=O) groups is 2. The van der Waals surface area contributed by atoms with E-state index in [1.165, 1.54) is 0 Å². The molecule has 19 heavy (non-hydrogen) atoms. The number of ketones is 1. The number of hydrogen-bond donors (Lipinski definition) is 1. The first-order valence-electron chi connectivity index (χ1n) is 6.96. The molecule has 0 aromatic carbocycles. The molecule has 1 unspecified atom stereocenters. The number of rotatable bonds is 8. The van der Waals surface area contributed by atoms with Crippen molar-refractivity contribution in [3.63, 3.8) is 0 Å². The summed E-state index contributed by atoms with van der Waals surface area (Å²) in [5.41, 5.74) is 0.864. The first-order chi connectivity index (χ1) is 9.15. The number of carboxylic acid groups (broad SMARTS) is 1. The van der Waals surface area contributed by atoms with Crippen molar-refractivity contribution in [1.29, 1.82) is 0 Å². The van der Waals surface area contributed by atoms with E-state index in [-0.39, 0.29) is 18.1 Å². The normalized spacial score (nSPS) is 20.8. The van der Waals surface area contributed by atoms with Crippen LogP contribution in [0.2, 0.25) is 0 Å². The molecule has 1 rings (SSSR count). The van der Waals surface area contributed by atoms with Crippen molar-refractivity contribution in [2.24, 2.45) is 5.92 Å². The summed E-state index contributed by atoms with van der Waals surface area (Å²) in [4.78, 5) is 22.0. The van der Waals surface area contributed by atoms with Crippen LogP contribution in [0.25, 0.3) is 0 Å². The fourth-order valence-corrected chi connectivity index (χ4v) is 2.11. The molecule has 1 N–H and O–H groups in total. The Bertz CT molecular complexity index is 402. The van der Waals surface area contributed by atoms with Gasteiger partial charge in [-0.1, -0.05) is 44.1 Å². The lowest BCUT2D eigenvalue weighted by Gasteiger charge is -2.08. The van der Waals surface area contributed by atoms with Gasteiger partial charge >= 0.3 is 5.97 Å². The SMILES string of the molecule is CCCCC1C=CC(=O)/C1=C\C=C\CCCC(=O)O. The lowest BCUT2D eigenvalue weighted by Crippen LogP contribution is -2.02. The number of hydrogen-bond acceptors (Lipinski definition) is 2. The summed E-state index contributed by atoms with van der Waals surface area (Å²) in [6.07, 6.45) is 14.2. The van der Waals surface area contributed by atoms with E-state index in [4.69, 9.17) is 5.11 Å². The summed E-state index contributed by atoms with van der Waals surface area (Å²) in [5.74, 6) is -0.394. The zero-order chi connectivity index (χ0) is 14.1. The van der Waals surface area contributed by atoms with E-state index in [0.717, 1.165) is 31.3 Å². The van der Waals surface area contributed by atoms with E-state index in [9.17, 15) is 9.59 Å². The topological polar surface area (TPSA) is 54.4 Å². The fourth-order valence-electron chi connectivity index (χ4n) is 2.11. The molecule has 0 heterocycles. The predicted octanol–water partition coefficient (Wildman–Crippen LogP) is 3.67. The van der Waals surface area contributed by atoms with Crippen LogP contribution in [0.4, 0.5) is 0 Å². The second-order valence-electron chi connectivity index (χ2n) is 4.81. The zero-order valence-corrected chi connectivity index (χ0v) is 11.5. The van der Waals surface area contributed by atoms with Crippen molar-refractivity contribution in [3.8, 4) is 0 Å². The average Bonchev–Trinajstić information content (AvgIpc) is 2.72. The second kappa shape index (κ2) is 8.46. The van der Waals surface area contributed by atoms with Gasteiger partial charge in [0.2, 0.25) is 0 Å². The van der Waals surface area contributed by atoms with E-state index in [0.29, 0.717) is 6.42 Å². The van der Waals surface area contributed by atoms with Crippen LogP contribution in [0.1, 0.15) is 45.4 Å². The molecule has 0 saturated heterocycles. The maximum absolute atomic E-state index is 11.7. The van der Waals surface area contributed by atoms with Gasteiger partial charge in [0.25, 0.3) is 0 Å². The van der Waals surface area contributed by atoms with Crippen LogP contribution >= 0.6 is 0 Å². The molecule has 0 aromatic heterocycles. The van der Waals surface area contributed by atoms with E-state index < -0.39 is 5.97 Å². The van der Waals surface area contributed by atoms with Gasteiger partial charge in [-0.05, 0) is 25.3 Å². The number of aliphatic carboxylic acids is 1. The third-order valence-corrected chi connectivity index (χ3v) is 3.21. The van der Waals surface area contributed by atoms with Crippen molar-refractivity contribution in [2.45, 2.75) is 45.4 Å². The summed E-state index contributed by atoms with van der Waals surface area (Å²) in [6, 6.07) is 0. The lowest BCUT2D eigenvalue weighted by molar-refractivity contribution is -0.137. The van der Waals surface area contributed by atoms with E-state index >= 15 is 0 Å². The Hall–Kier alpha value is -1.64. The lowest BCUT2D eigenvalue weighted by atomic mass is 9.95. The molecule has 3 heteroatoms. The third kappa shape index (κ3) is 5.69. The average molecular weight is 262 g/mol. The van der Waals surface area contributed by atoms with Gasteiger partial charge in [-0.25, -0.2) is 0 Å². The minimum Gasteiger partial charge on any atom is -0.481 e. The molecule has 0 amide bonds. The molecule has 0 bridgehead atoms. The number of carbonyl (C=O) groups excluding carboxylic acids is 1. The number of carboxylic acids is 1. The van der Waals surface area contributed by atoms with Crippen LogP contribution in [0, 0.1) is 5.92 Å². The number of allylic oxidation sites excluding steroid dienone is 6. The minimum atomic E-state index is -0.762. The molecule has 104 valence electrons. The van der Waals surface area contributed by atoms with Crippen molar-refractivity contribution >= 4 is 11.8 Å². The highest BCUT2D eigenvalue weighted by molar-refractivity contribution is 6.07. The van der Waals surface area contributed by atoms with Crippen molar-refractivity contribution in [3.05, 3.63) is 36.0 Å². The summed E-state index contributed by atoms with van der Waals surface area (Å²) in [6.45, 7) is 2.15. The summed E-state index contributed by atoms with van der Waals surface area (Å²) in [5, 5.41) is 8.51. The highest BCUT2D eigenvalue weighted by Gasteiger charge is 2.21. The molecule has 0 fully saturated rings. The van der Waals surface area contributed by atoms with E-state index in [1.54, 1.807) is 6.08 Å². The van der Waals surface area contributed by atoms with Crippen molar-refractivity contribution in [1.82, 2.24) is 0 Å². The van der Waals surface area contributed by atoms with Gasteiger partial charge in [-0.2, -0.15) is 0 Å². The van der Waals surface area contributed by atoms with Crippen LogP contribution in [-0.4, -0.2) is 16.9 Å². The van der Waals surface area contributed by atoms with Crippen LogP contribution in [0.5, 0.6) is 0 Å². The Morgan fingerprint density at radius 2 is 2.21 bits per heavy atom. The minimum absolute atomic E-state index is 0.108. The zero-order valence-electron chi connectivity index (χ0n) is 11.5. The fraction of sp³-hybridized carbons (Fsp3) is 0.500. The third-order valence-electron chi connectivity index (χ3n) is 3.21. The Balaban J connectivity index is 2.42. The quantitative estimate of drug-likeness (QED) is 0.536. The Kier molecular flexibility index (Phi) is 6.86. The molecular weight excluding hydrogens is 240 g/mol. The molecule has 0 aromatic rings. The van der Waals surface area contributed by atoms with Crippen LogP contribution in [0.15, 0.2) is 36.0 Å². The molecule has 0 aliphatic heterocycles. The molecule has 1 atom stereocenters. The van der Waals surface area contributed by atoms with Crippen LogP contribution < -0.4 is 0 Å². The first kappa shape index (κ1) is 15.4. The summed E-state index contributed by atoms with van der Waals surface area (Å²) >= 11 is 0. The smallest absolute Gasteiger partial charge is 0.303 e. The molecule has 1 aliphatic carbocycles. The maximum atomic E-state index is 11.7.